The van der Waals surface area contributed by atoms with Crippen molar-refractivity contribution in [1.29, 1.82) is 0 Å². The molecule has 0 saturated heterocycles. The lowest BCUT2D eigenvalue weighted by molar-refractivity contribution is 0.0989. The number of rotatable bonds is 7. The van der Waals surface area contributed by atoms with E-state index in [1.54, 1.807) is 11.1 Å². The van der Waals surface area contributed by atoms with E-state index in [9.17, 15) is 4.79 Å². The van der Waals surface area contributed by atoms with Gasteiger partial charge in [0.05, 0.1) is 0 Å². The van der Waals surface area contributed by atoms with Gasteiger partial charge in [-0.3, -0.25) is 4.79 Å². The highest BCUT2D eigenvalue weighted by molar-refractivity contribution is 6.09. The van der Waals surface area contributed by atoms with Gasteiger partial charge in [0.25, 0.3) is 5.91 Å². The predicted molar refractivity (Wildman–Crippen MR) is 112 cm³/mol. The molecule has 1 amide bonds. The zero-order valence-electron chi connectivity index (χ0n) is 17.0. The van der Waals surface area contributed by atoms with E-state index in [-0.39, 0.29) is 5.91 Å². The summed E-state index contributed by atoms with van der Waals surface area (Å²) in [5.41, 5.74) is 1.31. The monoisotopic (exact) mass is 384 g/mol. The number of benzene rings is 1. The number of aromatic nitrogens is 2. The maximum atomic E-state index is 13.2. The van der Waals surface area contributed by atoms with Gasteiger partial charge in [0.15, 0.2) is 0 Å². The summed E-state index contributed by atoms with van der Waals surface area (Å²) in [4.78, 5) is 27.8. The topological polar surface area (TPSA) is 73.8 Å². The molecule has 1 N–H and O–H groups in total. The second-order valence-corrected chi connectivity index (χ2v) is 6.99. The largest absolute Gasteiger partial charge is 0.492 e. The van der Waals surface area contributed by atoms with E-state index in [2.05, 4.69) is 20.2 Å². The molecule has 8 nitrogen and oxygen atoms in total. The molecule has 0 bridgehead atoms. The van der Waals surface area contributed by atoms with Crippen molar-refractivity contribution in [2.24, 2.45) is 0 Å². The number of likely N-dealkylation sites (N-methyl/N-ethyl adjacent to an activating group) is 2. The van der Waals surface area contributed by atoms with Gasteiger partial charge >= 0.3 is 0 Å². The van der Waals surface area contributed by atoms with Crippen molar-refractivity contribution in [1.82, 2.24) is 14.9 Å². The molecule has 2 aromatic rings. The Morgan fingerprint density at radius 2 is 2.11 bits per heavy atom. The molecule has 28 heavy (non-hydrogen) atoms. The quantitative estimate of drug-likeness (QED) is 0.782. The van der Waals surface area contributed by atoms with Crippen molar-refractivity contribution in [2.75, 3.05) is 69.0 Å². The molecule has 3 rings (SSSR count). The van der Waals surface area contributed by atoms with Gasteiger partial charge in [0.1, 0.15) is 23.7 Å². The number of hydrogen-bond acceptors (Lipinski definition) is 7. The van der Waals surface area contributed by atoms with Crippen molar-refractivity contribution < 1.29 is 9.53 Å². The molecule has 0 spiro atoms. The molecule has 150 valence electrons. The molecule has 1 aliphatic rings. The molecule has 1 aromatic heterocycles. The first-order valence-corrected chi connectivity index (χ1v) is 9.51. The summed E-state index contributed by atoms with van der Waals surface area (Å²) in [6.07, 6.45) is 1.61. The molecular weight excluding hydrogens is 356 g/mol. The standard InChI is InChI=1S/C20H28N6O2/c1-5-21-20-22-14-17-18(23-20)25(4)9-10-26(19(17)27)15-7-6-8-16(13-15)28-12-11-24(2)3/h6-8,13-14H,5,9-12H2,1-4H3,(H,21,22,23). The second kappa shape index (κ2) is 8.88. The van der Waals surface area contributed by atoms with Crippen LogP contribution in [0.15, 0.2) is 30.5 Å². The van der Waals surface area contributed by atoms with Gasteiger partial charge < -0.3 is 24.8 Å². The number of amides is 1. The fourth-order valence-electron chi connectivity index (χ4n) is 2.99. The summed E-state index contributed by atoms with van der Waals surface area (Å²) in [5.74, 6) is 1.83. The third-order valence-corrected chi connectivity index (χ3v) is 4.54. The van der Waals surface area contributed by atoms with Crippen molar-refractivity contribution >= 4 is 23.4 Å². The molecule has 0 unspecified atom stereocenters. The molecule has 0 fully saturated rings. The lowest BCUT2D eigenvalue weighted by Gasteiger charge is -2.22. The number of anilines is 3. The number of ether oxygens (including phenoxy) is 1. The molecule has 0 saturated carbocycles. The zero-order chi connectivity index (χ0) is 20.1. The van der Waals surface area contributed by atoms with E-state index in [0.717, 1.165) is 24.5 Å². The Kier molecular flexibility index (Phi) is 6.30. The summed E-state index contributed by atoms with van der Waals surface area (Å²) in [5, 5.41) is 3.10. The third-order valence-electron chi connectivity index (χ3n) is 4.54. The SMILES string of the molecule is CCNc1ncc2c(n1)N(C)CCN(c1cccc(OCCN(C)C)c1)C2=O. The van der Waals surface area contributed by atoms with Crippen molar-refractivity contribution in [3.8, 4) is 5.75 Å². The highest BCUT2D eigenvalue weighted by atomic mass is 16.5. The zero-order valence-corrected chi connectivity index (χ0v) is 17.0. The lowest BCUT2D eigenvalue weighted by atomic mass is 10.2. The summed E-state index contributed by atoms with van der Waals surface area (Å²) in [7, 11) is 5.96. The fraction of sp³-hybridized carbons (Fsp3) is 0.450. The third kappa shape index (κ3) is 4.51. The highest BCUT2D eigenvalue weighted by Crippen LogP contribution is 2.28. The summed E-state index contributed by atoms with van der Waals surface area (Å²) in [6, 6.07) is 7.66. The van der Waals surface area contributed by atoms with Crippen LogP contribution < -0.4 is 19.9 Å². The van der Waals surface area contributed by atoms with Gasteiger partial charge in [-0.2, -0.15) is 4.98 Å². The molecule has 0 aliphatic carbocycles. The maximum Gasteiger partial charge on any atom is 0.263 e. The average molecular weight is 384 g/mol. The normalized spacial score (nSPS) is 14.1. The highest BCUT2D eigenvalue weighted by Gasteiger charge is 2.28. The van der Waals surface area contributed by atoms with Crippen LogP contribution in [-0.4, -0.2) is 74.7 Å². The van der Waals surface area contributed by atoms with Crippen molar-refractivity contribution in [2.45, 2.75) is 6.92 Å². The number of nitrogens with zero attached hydrogens (tertiary/aromatic N) is 5. The number of carbonyl (C=O) groups excluding carboxylic acids is 1. The van der Waals surface area contributed by atoms with Crippen LogP contribution in [0.3, 0.4) is 0 Å². The minimum atomic E-state index is -0.104. The van der Waals surface area contributed by atoms with Gasteiger partial charge in [-0.25, -0.2) is 4.98 Å². The molecular formula is C20H28N6O2. The van der Waals surface area contributed by atoms with Crippen LogP contribution in [0, 0.1) is 0 Å². The Morgan fingerprint density at radius 1 is 1.29 bits per heavy atom. The molecule has 1 aromatic carbocycles. The first-order valence-electron chi connectivity index (χ1n) is 9.51. The Morgan fingerprint density at radius 3 is 2.86 bits per heavy atom. The first kappa shape index (κ1) is 19.9. The predicted octanol–water partition coefficient (Wildman–Crippen LogP) is 1.95. The maximum absolute atomic E-state index is 13.2. The van der Waals surface area contributed by atoms with Crippen LogP contribution in [0.5, 0.6) is 5.75 Å². The van der Waals surface area contributed by atoms with Crippen molar-refractivity contribution in [3.63, 3.8) is 0 Å². The lowest BCUT2D eigenvalue weighted by Crippen LogP contribution is -2.33. The van der Waals surface area contributed by atoms with E-state index in [0.29, 0.717) is 37.0 Å². The average Bonchev–Trinajstić information content (AvgIpc) is 2.79. The van der Waals surface area contributed by atoms with Gasteiger partial charge in [0, 0.05) is 51.2 Å². The van der Waals surface area contributed by atoms with E-state index in [1.807, 2.05) is 57.2 Å². The first-order chi connectivity index (χ1) is 13.5. The van der Waals surface area contributed by atoms with Crippen LogP contribution in [0.1, 0.15) is 17.3 Å². The van der Waals surface area contributed by atoms with Crippen LogP contribution in [0.25, 0.3) is 0 Å². The minimum Gasteiger partial charge on any atom is -0.492 e. The number of nitrogens with one attached hydrogen (secondary N) is 1. The number of fused-ring (bicyclic) bond motifs is 1. The van der Waals surface area contributed by atoms with Crippen LogP contribution in [-0.2, 0) is 0 Å². The molecule has 2 heterocycles. The van der Waals surface area contributed by atoms with Crippen LogP contribution >= 0.6 is 0 Å². The van der Waals surface area contributed by atoms with Gasteiger partial charge in [-0.15, -0.1) is 0 Å². The van der Waals surface area contributed by atoms with Crippen LogP contribution in [0.2, 0.25) is 0 Å². The van der Waals surface area contributed by atoms with E-state index in [4.69, 9.17) is 4.74 Å². The summed E-state index contributed by atoms with van der Waals surface area (Å²) in [6.45, 7) is 5.37. The number of carbonyl (C=O) groups is 1. The molecule has 1 aliphatic heterocycles. The van der Waals surface area contributed by atoms with Crippen molar-refractivity contribution in [3.05, 3.63) is 36.0 Å². The van der Waals surface area contributed by atoms with Crippen LogP contribution in [0.4, 0.5) is 17.5 Å². The van der Waals surface area contributed by atoms with E-state index >= 15 is 0 Å². The molecule has 8 heteroatoms. The Labute approximate surface area is 166 Å². The van der Waals surface area contributed by atoms with E-state index in [1.165, 1.54) is 0 Å². The van der Waals surface area contributed by atoms with Gasteiger partial charge in [0.2, 0.25) is 5.95 Å². The Bertz CT molecular complexity index is 826. The minimum absolute atomic E-state index is 0.104. The van der Waals surface area contributed by atoms with Gasteiger partial charge in [-0.1, -0.05) is 6.07 Å². The Hall–Kier alpha value is -2.87. The molecule has 0 atom stereocenters. The number of hydrogen-bond donors (Lipinski definition) is 1. The smallest absolute Gasteiger partial charge is 0.263 e. The van der Waals surface area contributed by atoms with Gasteiger partial charge in [-0.05, 0) is 33.2 Å². The van der Waals surface area contributed by atoms with E-state index < -0.39 is 0 Å². The molecule has 0 radical (unpaired) electrons. The second-order valence-electron chi connectivity index (χ2n) is 6.99. The fourth-order valence-corrected chi connectivity index (χ4v) is 2.99. The Balaban J connectivity index is 1.84. The summed E-state index contributed by atoms with van der Waals surface area (Å²) >= 11 is 0. The summed E-state index contributed by atoms with van der Waals surface area (Å²) < 4.78 is 5.83.